The molecular weight excluding hydrogens is 174 g/mol. The molecule has 12 heavy (non-hydrogen) atoms. The fourth-order valence-electron chi connectivity index (χ4n) is 1.48. The van der Waals surface area contributed by atoms with Gasteiger partial charge < -0.3 is 0 Å². The number of hydrogen-bond donors (Lipinski definition) is 0. The standard InChI is InChI=1S/C9H8ClNO/c10-7-4-6-2-1-3-8(12)9(6)11-5-7/h4-5H,1-3H2. The second-order valence-corrected chi connectivity index (χ2v) is 3.37. The third-order valence-corrected chi connectivity index (χ3v) is 2.25. The molecule has 1 aromatic heterocycles. The highest BCUT2D eigenvalue weighted by molar-refractivity contribution is 6.30. The van der Waals surface area contributed by atoms with Crippen LogP contribution in [0.15, 0.2) is 12.3 Å². The molecule has 1 aliphatic carbocycles. The molecule has 2 nitrogen and oxygen atoms in total. The maximum atomic E-state index is 11.3. The number of fused-ring (bicyclic) bond motifs is 1. The van der Waals surface area contributed by atoms with Gasteiger partial charge in [0.25, 0.3) is 0 Å². The van der Waals surface area contributed by atoms with Gasteiger partial charge >= 0.3 is 0 Å². The largest absolute Gasteiger partial charge is 0.292 e. The van der Waals surface area contributed by atoms with Gasteiger partial charge in [0.15, 0.2) is 5.78 Å². The lowest BCUT2D eigenvalue weighted by atomic mass is 9.95. The molecule has 0 saturated carbocycles. The number of Topliss-reactive ketones (excluding diaryl/α,β-unsaturated/α-hetero) is 1. The molecule has 1 aromatic rings. The molecule has 0 N–H and O–H groups in total. The summed E-state index contributed by atoms with van der Waals surface area (Å²) in [6.07, 6.45) is 4.01. The van der Waals surface area contributed by atoms with E-state index in [4.69, 9.17) is 11.6 Å². The Balaban J connectivity index is 2.53. The molecule has 3 heteroatoms. The van der Waals surface area contributed by atoms with Crippen molar-refractivity contribution in [3.8, 4) is 0 Å². The van der Waals surface area contributed by atoms with E-state index in [0.717, 1.165) is 18.4 Å². The van der Waals surface area contributed by atoms with E-state index < -0.39 is 0 Å². The molecule has 1 aliphatic rings. The first kappa shape index (κ1) is 7.74. The summed E-state index contributed by atoms with van der Waals surface area (Å²) >= 11 is 5.75. The van der Waals surface area contributed by atoms with E-state index in [0.29, 0.717) is 17.1 Å². The molecule has 0 amide bonds. The van der Waals surface area contributed by atoms with Crippen molar-refractivity contribution < 1.29 is 4.79 Å². The van der Waals surface area contributed by atoms with Crippen LogP contribution in [0.3, 0.4) is 0 Å². The minimum Gasteiger partial charge on any atom is -0.292 e. The first-order chi connectivity index (χ1) is 5.77. The van der Waals surface area contributed by atoms with E-state index in [2.05, 4.69) is 4.98 Å². The Morgan fingerprint density at radius 3 is 3.08 bits per heavy atom. The predicted octanol–water partition coefficient (Wildman–Crippen LogP) is 2.25. The molecule has 62 valence electrons. The summed E-state index contributed by atoms with van der Waals surface area (Å²) in [4.78, 5) is 15.3. The lowest BCUT2D eigenvalue weighted by Gasteiger charge is -2.12. The number of ketones is 1. The van der Waals surface area contributed by atoms with Crippen molar-refractivity contribution >= 4 is 17.4 Å². The highest BCUT2D eigenvalue weighted by Gasteiger charge is 2.17. The minimum atomic E-state index is 0.146. The zero-order valence-corrected chi connectivity index (χ0v) is 7.27. The van der Waals surface area contributed by atoms with Crippen molar-refractivity contribution in [3.63, 3.8) is 0 Å². The van der Waals surface area contributed by atoms with Crippen LogP contribution in [0.4, 0.5) is 0 Å². The Bertz CT molecular complexity index is 335. The molecular formula is C9H8ClNO. The molecule has 0 fully saturated rings. The quantitative estimate of drug-likeness (QED) is 0.615. The van der Waals surface area contributed by atoms with Gasteiger partial charge in [0, 0.05) is 12.6 Å². The number of nitrogens with zero attached hydrogens (tertiary/aromatic N) is 1. The Kier molecular flexibility index (Phi) is 1.85. The van der Waals surface area contributed by atoms with Crippen LogP contribution < -0.4 is 0 Å². The summed E-state index contributed by atoms with van der Waals surface area (Å²) < 4.78 is 0. The van der Waals surface area contributed by atoms with Gasteiger partial charge in [0.05, 0.1) is 5.02 Å². The highest BCUT2D eigenvalue weighted by atomic mass is 35.5. The number of hydrogen-bond acceptors (Lipinski definition) is 2. The van der Waals surface area contributed by atoms with Gasteiger partial charge in [0.1, 0.15) is 5.69 Å². The first-order valence-electron chi connectivity index (χ1n) is 3.95. The summed E-state index contributed by atoms with van der Waals surface area (Å²) in [5, 5.41) is 0.614. The van der Waals surface area contributed by atoms with E-state index in [1.807, 2.05) is 6.07 Å². The van der Waals surface area contributed by atoms with Crippen molar-refractivity contribution in [1.82, 2.24) is 4.98 Å². The number of pyridine rings is 1. The lowest BCUT2D eigenvalue weighted by molar-refractivity contribution is 0.0967. The summed E-state index contributed by atoms with van der Waals surface area (Å²) in [5.41, 5.74) is 1.62. The number of aryl methyl sites for hydroxylation is 1. The van der Waals surface area contributed by atoms with E-state index >= 15 is 0 Å². The van der Waals surface area contributed by atoms with Crippen LogP contribution in [-0.4, -0.2) is 10.8 Å². The van der Waals surface area contributed by atoms with E-state index in [1.165, 1.54) is 6.20 Å². The highest BCUT2D eigenvalue weighted by Crippen LogP contribution is 2.21. The van der Waals surface area contributed by atoms with E-state index in [-0.39, 0.29) is 5.78 Å². The zero-order valence-electron chi connectivity index (χ0n) is 6.51. The minimum absolute atomic E-state index is 0.146. The molecule has 0 saturated heterocycles. The fourth-order valence-corrected chi connectivity index (χ4v) is 1.66. The Labute approximate surface area is 75.6 Å². The van der Waals surface area contributed by atoms with Crippen LogP contribution in [0, 0.1) is 0 Å². The fraction of sp³-hybridized carbons (Fsp3) is 0.333. The molecule has 0 bridgehead atoms. The van der Waals surface area contributed by atoms with Crippen LogP contribution in [0.2, 0.25) is 5.02 Å². The molecule has 0 aromatic carbocycles. The van der Waals surface area contributed by atoms with Crippen molar-refractivity contribution in [2.24, 2.45) is 0 Å². The Morgan fingerprint density at radius 2 is 2.25 bits per heavy atom. The summed E-state index contributed by atoms with van der Waals surface area (Å²) in [7, 11) is 0. The average molecular weight is 182 g/mol. The van der Waals surface area contributed by atoms with Gasteiger partial charge in [-0.1, -0.05) is 11.6 Å². The number of rotatable bonds is 0. The van der Waals surface area contributed by atoms with Crippen LogP contribution in [0.1, 0.15) is 28.9 Å². The normalized spacial score (nSPS) is 15.9. The maximum absolute atomic E-state index is 11.3. The van der Waals surface area contributed by atoms with Crippen LogP contribution in [-0.2, 0) is 6.42 Å². The van der Waals surface area contributed by atoms with Gasteiger partial charge in [-0.05, 0) is 24.5 Å². The molecule has 0 unspecified atom stereocenters. The Morgan fingerprint density at radius 1 is 1.42 bits per heavy atom. The topological polar surface area (TPSA) is 30.0 Å². The summed E-state index contributed by atoms with van der Waals surface area (Å²) in [6, 6.07) is 1.83. The third-order valence-electron chi connectivity index (χ3n) is 2.05. The average Bonchev–Trinajstić information content (AvgIpc) is 2.04. The van der Waals surface area contributed by atoms with Gasteiger partial charge in [0.2, 0.25) is 0 Å². The molecule has 0 radical (unpaired) electrons. The van der Waals surface area contributed by atoms with Crippen molar-refractivity contribution in [1.29, 1.82) is 0 Å². The predicted molar refractivity (Wildman–Crippen MR) is 46.5 cm³/mol. The number of aromatic nitrogens is 1. The van der Waals surface area contributed by atoms with Crippen molar-refractivity contribution in [2.45, 2.75) is 19.3 Å². The second-order valence-electron chi connectivity index (χ2n) is 2.94. The van der Waals surface area contributed by atoms with Gasteiger partial charge in [-0.3, -0.25) is 9.78 Å². The first-order valence-corrected chi connectivity index (χ1v) is 4.33. The van der Waals surface area contributed by atoms with Crippen LogP contribution in [0.25, 0.3) is 0 Å². The van der Waals surface area contributed by atoms with Crippen molar-refractivity contribution in [3.05, 3.63) is 28.5 Å². The zero-order chi connectivity index (χ0) is 8.55. The lowest BCUT2D eigenvalue weighted by Crippen LogP contribution is -2.12. The summed E-state index contributed by atoms with van der Waals surface area (Å²) in [5.74, 6) is 0.146. The SMILES string of the molecule is O=C1CCCc2cc(Cl)cnc21. The van der Waals surface area contributed by atoms with Gasteiger partial charge in [-0.15, -0.1) is 0 Å². The molecule has 2 rings (SSSR count). The smallest absolute Gasteiger partial charge is 0.181 e. The summed E-state index contributed by atoms with van der Waals surface area (Å²) in [6.45, 7) is 0. The monoisotopic (exact) mass is 181 g/mol. The van der Waals surface area contributed by atoms with Crippen LogP contribution >= 0.6 is 11.6 Å². The van der Waals surface area contributed by atoms with Crippen LogP contribution in [0.5, 0.6) is 0 Å². The van der Waals surface area contributed by atoms with Gasteiger partial charge in [-0.25, -0.2) is 0 Å². The molecule has 0 spiro atoms. The third kappa shape index (κ3) is 1.23. The Hall–Kier alpha value is -0.890. The van der Waals surface area contributed by atoms with Gasteiger partial charge in [-0.2, -0.15) is 0 Å². The number of halogens is 1. The molecule has 0 aliphatic heterocycles. The van der Waals surface area contributed by atoms with E-state index in [9.17, 15) is 4.79 Å². The number of carbonyl (C=O) groups is 1. The molecule has 0 atom stereocenters. The molecule has 1 heterocycles. The second kappa shape index (κ2) is 2.87. The number of carbonyl (C=O) groups excluding carboxylic acids is 1. The van der Waals surface area contributed by atoms with Crippen molar-refractivity contribution in [2.75, 3.05) is 0 Å². The van der Waals surface area contributed by atoms with E-state index in [1.54, 1.807) is 0 Å². The maximum Gasteiger partial charge on any atom is 0.181 e.